The van der Waals surface area contributed by atoms with Gasteiger partial charge in [-0.05, 0) is 18.7 Å². The van der Waals surface area contributed by atoms with Crippen molar-refractivity contribution in [3.05, 3.63) is 43.9 Å². The van der Waals surface area contributed by atoms with Crippen LogP contribution in [0.25, 0.3) is 0 Å². The van der Waals surface area contributed by atoms with E-state index in [1.807, 2.05) is 24.3 Å². The van der Waals surface area contributed by atoms with Crippen LogP contribution < -0.4 is 4.74 Å². The third kappa shape index (κ3) is 2.45. The molecule has 0 aliphatic rings. The number of thioether (sulfide) groups is 1. The fraction of sp³-hybridized carbons (Fsp3) is 0.200. The molecule has 0 N–H and O–H groups in total. The van der Waals surface area contributed by atoms with Gasteiger partial charge in [-0.25, -0.2) is 0 Å². The van der Waals surface area contributed by atoms with Gasteiger partial charge < -0.3 is 4.74 Å². The van der Waals surface area contributed by atoms with E-state index in [4.69, 9.17) is 4.74 Å². The Morgan fingerprint density at radius 3 is 2.75 bits per heavy atom. The summed E-state index contributed by atoms with van der Waals surface area (Å²) in [5.74, 6) is 2.68. The van der Waals surface area contributed by atoms with Gasteiger partial charge in [-0.1, -0.05) is 18.2 Å². The molecule has 12 heavy (non-hydrogen) atoms. The summed E-state index contributed by atoms with van der Waals surface area (Å²) in [7, 11) is 3.40. The zero-order valence-electron chi connectivity index (χ0n) is 6.95. The number of benzene rings is 1. The molecule has 0 amide bonds. The van der Waals surface area contributed by atoms with Crippen LogP contribution in [0.2, 0.25) is 0 Å². The Morgan fingerprint density at radius 1 is 1.33 bits per heavy atom. The van der Waals surface area contributed by atoms with Crippen molar-refractivity contribution in [2.75, 3.05) is 5.75 Å². The second-order valence-corrected chi connectivity index (χ2v) is 3.41. The lowest BCUT2D eigenvalue weighted by Gasteiger charge is -2.05. The smallest absolute Gasteiger partial charge is 0.123 e. The van der Waals surface area contributed by atoms with Crippen molar-refractivity contribution in [1.29, 1.82) is 0 Å². The molecule has 0 heterocycles. The monoisotopic (exact) mass is 180 g/mol. The van der Waals surface area contributed by atoms with Gasteiger partial charge in [0.2, 0.25) is 0 Å². The number of hydrogen-bond acceptors (Lipinski definition) is 2. The normalized spacial score (nSPS) is 9.83. The molecule has 0 atom stereocenters. The minimum atomic E-state index is 0.860. The van der Waals surface area contributed by atoms with Crippen molar-refractivity contribution in [2.45, 2.75) is 5.75 Å². The van der Waals surface area contributed by atoms with Crippen LogP contribution in [0.5, 0.6) is 5.75 Å². The standard InChI is InChI=1S/C10H12OS/c1-3-12-8-9-6-4-5-7-10(9)11-2/h4-7H,1-3,8H2. The summed E-state index contributed by atoms with van der Waals surface area (Å²) in [5, 5.41) is 0. The summed E-state index contributed by atoms with van der Waals surface area (Å²) in [6.07, 6.45) is 0. The van der Waals surface area contributed by atoms with Crippen molar-refractivity contribution in [1.82, 2.24) is 0 Å². The molecule has 0 spiro atoms. The van der Waals surface area contributed by atoms with Gasteiger partial charge >= 0.3 is 0 Å². The maximum atomic E-state index is 4.96. The molecule has 2 heteroatoms. The van der Waals surface area contributed by atoms with E-state index in [9.17, 15) is 0 Å². The molecule has 1 aromatic rings. The fourth-order valence-corrected chi connectivity index (χ4v) is 1.55. The third-order valence-electron chi connectivity index (χ3n) is 1.53. The van der Waals surface area contributed by atoms with Gasteiger partial charge in [0, 0.05) is 11.3 Å². The van der Waals surface area contributed by atoms with E-state index in [1.165, 1.54) is 5.56 Å². The van der Waals surface area contributed by atoms with Crippen LogP contribution >= 0.6 is 11.8 Å². The van der Waals surface area contributed by atoms with Crippen molar-refractivity contribution in [3.8, 4) is 5.75 Å². The predicted molar refractivity (Wildman–Crippen MR) is 53.9 cm³/mol. The summed E-state index contributed by atoms with van der Waals surface area (Å²) in [6, 6.07) is 7.91. The van der Waals surface area contributed by atoms with Crippen LogP contribution in [-0.4, -0.2) is 5.75 Å². The molecule has 0 fully saturated rings. The Labute approximate surface area is 78.1 Å². The fourth-order valence-electron chi connectivity index (χ4n) is 0.946. The van der Waals surface area contributed by atoms with Crippen molar-refractivity contribution in [2.24, 2.45) is 0 Å². The predicted octanol–water partition coefficient (Wildman–Crippen LogP) is 2.92. The Kier molecular flexibility index (Phi) is 4.01. The topological polar surface area (TPSA) is 9.23 Å². The molecular formula is C10H12OS. The lowest BCUT2D eigenvalue weighted by atomic mass is 10.2. The zero-order valence-corrected chi connectivity index (χ0v) is 7.77. The minimum Gasteiger partial charge on any atom is -0.490 e. The summed E-state index contributed by atoms with van der Waals surface area (Å²) >= 11 is 1.77. The lowest BCUT2D eigenvalue weighted by molar-refractivity contribution is 0.469. The van der Waals surface area contributed by atoms with Gasteiger partial charge in [-0.15, -0.1) is 0 Å². The SMILES string of the molecule is [CH2]CSCc1ccccc1O[CH2]. The first-order chi connectivity index (χ1) is 5.88. The number of para-hydroxylation sites is 1. The second kappa shape index (κ2) is 5.09. The molecule has 1 rings (SSSR count). The average molecular weight is 180 g/mol. The van der Waals surface area contributed by atoms with Gasteiger partial charge in [-0.3, -0.25) is 0 Å². The Bertz CT molecular complexity index is 235. The van der Waals surface area contributed by atoms with Crippen molar-refractivity contribution in [3.63, 3.8) is 0 Å². The molecular weight excluding hydrogens is 168 g/mol. The first-order valence-corrected chi connectivity index (χ1v) is 4.91. The lowest BCUT2D eigenvalue weighted by Crippen LogP contribution is -1.87. The van der Waals surface area contributed by atoms with Gasteiger partial charge in [0.25, 0.3) is 0 Å². The summed E-state index contributed by atoms with van der Waals surface area (Å²) in [4.78, 5) is 0. The molecule has 0 saturated carbocycles. The van der Waals surface area contributed by atoms with Crippen LogP contribution in [0.3, 0.4) is 0 Å². The first-order valence-electron chi connectivity index (χ1n) is 3.75. The Balaban J connectivity index is 2.68. The summed E-state index contributed by atoms with van der Waals surface area (Å²) in [6.45, 7) is 3.76. The molecule has 0 aliphatic carbocycles. The Morgan fingerprint density at radius 2 is 2.08 bits per heavy atom. The highest BCUT2D eigenvalue weighted by Crippen LogP contribution is 2.22. The summed E-state index contributed by atoms with van der Waals surface area (Å²) < 4.78 is 4.96. The number of rotatable bonds is 4. The van der Waals surface area contributed by atoms with Crippen LogP contribution in [0, 0.1) is 14.0 Å². The van der Waals surface area contributed by atoms with Crippen LogP contribution in [0.15, 0.2) is 24.3 Å². The van der Waals surface area contributed by atoms with Gasteiger partial charge in [0.15, 0.2) is 0 Å². The van der Waals surface area contributed by atoms with E-state index >= 15 is 0 Å². The highest BCUT2D eigenvalue weighted by Gasteiger charge is 1.99. The molecule has 64 valence electrons. The zero-order chi connectivity index (χ0) is 8.81. The van der Waals surface area contributed by atoms with Crippen LogP contribution in [-0.2, 0) is 5.75 Å². The van der Waals surface area contributed by atoms with Crippen molar-refractivity contribution >= 4 is 11.8 Å². The molecule has 0 aliphatic heterocycles. The number of hydrogen-bond donors (Lipinski definition) is 0. The van der Waals surface area contributed by atoms with E-state index in [1.54, 1.807) is 11.8 Å². The quantitative estimate of drug-likeness (QED) is 0.704. The molecule has 0 bridgehead atoms. The van der Waals surface area contributed by atoms with E-state index in [0.717, 1.165) is 17.3 Å². The van der Waals surface area contributed by atoms with Crippen LogP contribution in [0.4, 0.5) is 0 Å². The van der Waals surface area contributed by atoms with Gasteiger partial charge in [0.05, 0.1) is 0 Å². The van der Waals surface area contributed by atoms with E-state index < -0.39 is 0 Å². The molecule has 2 radical (unpaired) electrons. The van der Waals surface area contributed by atoms with Gasteiger partial charge in [-0.2, -0.15) is 11.8 Å². The highest BCUT2D eigenvalue weighted by molar-refractivity contribution is 7.98. The molecule has 0 unspecified atom stereocenters. The molecule has 0 aromatic heterocycles. The van der Waals surface area contributed by atoms with E-state index in [-0.39, 0.29) is 0 Å². The van der Waals surface area contributed by atoms with Crippen LogP contribution in [0.1, 0.15) is 5.56 Å². The maximum absolute atomic E-state index is 4.96. The second-order valence-electron chi connectivity index (χ2n) is 2.30. The Hall–Kier alpha value is -0.630. The molecule has 1 aromatic carbocycles. The number of ether oxygens (including phenoxy) is 1. The molecule has 0 saturated heterocycles. The van der Waals surface area contributed by atoms with E-state index in [0.29, 0.717) is 0 Å². The van der Waals surface area contributed by atoms with Gasteiger partial charge in [0.1, 0.15) is 12.9 Å². The highest BCUT2D eigenvalue weighted by atomic mass is 32.2. The minimum absolute atomic E-state index is 0.860. The average Bonchev–Trinajstić information content (AvgIpc) is 2.15. The third-order valence-corrected chi connectivity index (χ3v) is 2.33. The maximum Gasteiger partial charge on any atom is 0.123 e. The molecule has 1 nitrogen and oxygen atoms in total. The summed E-state index contributed by atoms with van der Waals surface area (Å²) in [5.41, 5.74) is 1.18. The van der Waals surface area contributed by atoms with E-state index in [2.05, 4.69) is 14.0 Å². The van der Waals surface area contributed by atoms with Crippen molar-refractivity contribution < 1.29 is 4.74 Å². The largest absolute Gasteiger partial charge is 0.490 e. The first kappa shape index (κ1) is 9.46.